The number of ketones is 1. The number of halogens is 1. The first kappa shape index (κ1) is 14.3. The minimum Gasteiger partial charge on any atom is -0.480 e. The first-order valence-electron chi connectivity index (χ1n) is 6.76. The highest BCUT2D eigenvalue weighted by Gasteiger charge is 2.34. The summed E-state index contributed by atoms with van der Waals surface area (Å²) >= 11 is 3.37. The fourth-order valence-electron chi connectivity index (χ4n) is 2.25. The summed E-state index contributed by atoms with van der Waals surface area (Å²) in [5, 5.41) is 0. The van der Waals surface area contributed by atoms with Crippen molar-refractivity contribution in [3.05, 3.63) is 23.5 Å². The molecule has 2 heterocycles. The molecule has 2 rings (SSSR count). The molecule has 1 unspecified atom stereocenters. The largest absolute Gasteiger partial charge is 0.480 e. The lowest BCUT2D eigenvalue weighted by Crippen LogP contribution is -2.35. The molecule has 0 saturated heterocycles. The smallest absolute Gasteiger partial charge is 0.199 e. The number of rotatable bonds is 4. The maximum atomic E-state index is 12.6. The van der Waals surface area contributed by atoms with Crippen molar-refractivity contribution in [2.24, 2.45) is 10.9 Å². The number of carbonyl (C=O) groups excluding carboxylic acids is 1. The number of Topliss-reactive ketones (excluding diaryl/α,β-unsaturated/α-hetero) is 1. The predicted octanol–water partition coefficient (Wildman–Crippen LogP) is 3.20. The molecule has 0 aromatic carbocycles. The van der Waals surface area contributed by atoms with Crippen LogP contribution in [0.25, 0.3) is 0 Å². The van der Waals surface area contributed by atoms with Crippen LogP contribution in [0.1, 0.15) is 33.1 Å². The van der Waals surface area contributed by atoms with E-state index >= 15 is 0 Å². The molecule has 0 radical (unpaired) electrons. The van der Waals surface area contributed by atoms with Crippen LogP contribution in [0.5, 0.6) is 0 Å². The number of ether oxygens (including phenoxy) is 1. The van der Waals surface area contributed by atoms with Gasteiger partial charge < -0.3 is 8.66 Å². The van der Waals surface area contributed by atoms with Gasteiger partial charge in [0.05, 0.1) is 24.8 Å². The number of allylic oxidation sites excluding steroid dienone is 1. The van der Waals surface area contributed by atoms with E-state index in [-0.39, 0.29) is 11.7 Å². The highest BCUT2D eigenvalue weighted by molar-refractivity contribution is 9.07. The van der Waals surface area contributed by atoms with E-state index in [1.807, 2.05) is 23.1 Å². The van der Waals surface area contributed by atoms with Crippen molar-refractivity contribution in [1.82, 2.24) is 3.93 Å². The Kier molecular flexibility index (Phi) is 4.80. The standard InChI is InChI=1S/C14H19BrN2O2/c1-3-5-10-13(18)11-9-17(15)7-6-12(11)16-14(10)19-8-4-2/h6-7,10H,3-5,8-9H2,1-2H3. The average molecular weight is 327 g/mol. The van der Waals surface area contributed by atoms with Crippen LogP contribution in [0, 0.1) is 5.92 Å². The predicted molar refractivity (Wildman–Crippen MR) is 78.9 cm³/mol. The second-order valence-electron chi connectivity index (χ2n) is 4.74. The third kappa shape index (κ3) is 3.08. The molecule has 19 heavy (non-hydrogen) atoms. The molecule has 104 valence electrons. The van der Waals surface area contributed by atoms with Crippen molar-refractivity contribution < 1.29 is 9.53 Å². The van der Waals surface area contributed by atoms with Gasteiger partial charge in [-0.2, -0.15) is 0 Å². The summed E-state index contributed by atoms with van der Waals surface area (Å²) in [6.07, 6.45) is 6.38. The third-order valence-electron chi connectivity index (χ3n) is 3.19. The number of aliphatic imine (C=N–C) groups is 1. The summed E-state index contributed by atoms with van der Waals surface area (Å²) in [6.45, 7) is 5.30. The van der Waals surface area contributed by atoms with Crippen LogP contribution in [0.3, 0.4) is 0 Å². The van der Waals surface area contributed by atoms with Gasteiger partial charge in [-0.05, 0) is 18.9 Å². The molecule has 1 atom stereocenters. The SMILES string of the molecule is CCCOC1=NC2=C(CN(Br)C=C2)C(=O)C1CCC. The van der Waals surface area contributed by atoms with E-state index < -0.39 is 0 Å². The molecule has 2 aliphatic heterocycles. The Bertz CT molecular complexity index is 454. The lowest BCUT2D eigenvalue weighted by molar-refractivity contribution is -0.118. The molecule has 0 amide bonds. The Hall–Kier alpha value is -1.10. The van der Waals surface area contributed by atoms with Crippen LogP contribution in [-0.4, -0.2) is 28.8 Å². The van der Waals surface area contributed by atoms with Gasteiger partial charge in [0, 0.05) is 27.9 Å². The zero-order chi connectivity index (χ0) is 13.8. The summed E-state index contributed by atoms with van der Waals surface area (Å²) < 4.78 is 7.50. The minimum atomic E-state index is -0.206. The molecule has 2 aliphatic rings. The monoisotopic (exact) mass is 326 g/mol. The lowest BCUT2D eigenvalue weighted by Gasteiger charge is -2.28. The van der Waals surface area contributed by atoms with E-state index in [0.29, 0.717) is 19.0 Å². The Morgan fingerprint density at radius 1 is 1.47 bits per heavy atom. The molecule has 0 aliphatic carbocycles. The molecular weight excluding hydrogens is 308 g/mol. The molecule has 5 heteroatoms. The van der Waals surface area contributed by atoms with Gasteiger partial charge in [0.25, 0.3) is 0 Å². The summed E-state index contributed by atoms with van der Waals surface area (Å²) in [6, 6.07) is 0. The van der Waals surface area contributed by atoms with Crippen LogP contribution in [0.15, 0.2) is 28.5 Å². The minimum absolute atomic E-state index is 0.159. The molecule has 0 bridgehead atoms. The summed E-state index contributed by atoms with van der Waals surface area (Å²) in [7, 11) is 0. The first-order valence-corrected chi connectivity index (χ1v) is 7.47. The zero-order valence-corrected chi connectivity index (χ0v) is 12.9. The van der Waals surface area contributed by atoms with Gasteiger partial charge in [-0.15, -0.1) is 0 Å². The van der Waals surface area contributed by atoms with Gasteiger partial charge in [-0.3, -0.25) is 4.79 Å². The topological polar surface area (TPSA) is 41.9 Å². The Labute approximate surface area is 122 Å². The van der Waals surface area contributed by atoms with Crippen LogP contribution in [-0.2, 0) is 9.53 Å². The van der Waals surface area contributed by atoms with Gasteiger partial charge in [0.1, 0.15) is 0 Å². The fourth-order valence-corrected chi connectivity index (χ4v) is 2.62. The van der Waals surface area contributed by atoms with Crippen LogP contribution in [0.4, 0.5) is 0 Å². The summed E-state index contributed by atoms with van der Waals surface area (Å²) in [4.78, 5) is 17.1. The van der Waals surface area contributed by atoms with E-state index in [1.54, 1.807) is 0 Å². The number of carbonyl (C=O) groups is 1. The van der Waals surface area contributed by atoms with Crippen molar-refractivity contribution >= 4 is 27.8 Å². The van der Waals surface area contributed by atoms with Crippen LogP contribution >= 0.6 is 16.1 Å². The third-order valence-corrected chi connectivity index (χ3v) is 3.67. The maximum absolute atomic E-state index is 12.6. The van der Waals surface area contributed by atoms with E-state index in [1.165, 1.54) is 0 Å². The molecule has 0 N–H and O–H groups in total. The first-order chi connectivity index (χ1) is 9.17. The molecule has 0 fully saturated rings. The maximum Gasteiger partial charge on any atom is 0.199 e. The zero-order valence-electron chi connectivity index (χ0n) is 11.4. The van der Waals surface area contributed by atoms with Crippen molar-refractivity contribution in [1.29, 1.82) is 0 Å². The van der Waals surface area contributed by atoms with Gasteiger partial charge in [0.15, 0.2) is 11.7 Å². The molecule has 0 spiro atoms. The average Bonchev–Trinajstić information content (AvgIpc) is 2.41. The van der Waals surface area contributed by atoms with Gasteiger partial charge in [0.2, 0.25) is 0 Å². The fraction of sp³-hybridized carbons (Fsp3) is 0.571. The number of hydrogen-bond acceptors (Lipinski definition) is 4. The second kappa shape index (κ2) is 6.37. The van der Waals surface area contributed by atoms with Crippen molar-refractivity contribution in [2.45, 2.75) is 33.1 Å². The second-order valence-corrected chi connectivity index (χ2v) is 5.65. The van der Waals surface area contributed by atoms with Crippen molar-refractivity contribution in [2.75, 3.05) is 13.2 Å². The van der Waals surface area contributed by atoms with Gasteiger partial charge in [-0.25, -0.2) is 4.99 Å². The van der Waals surface area contributed by atoms with E-state index in [9.17, 15) is 4.79 Å². The highest BCUT2D eigenvalue weighted by Crippen LogP contribution is 2.29. The lowest BCUT2D eigenvalue weighted by atomic mass is 9.89. The normalized spacial score (nSPS) is 22.5. The van der Waals surface area contributed by atoms with Crippen molar-refractivity contribution in [3.8, 4) is 0 Å². The summed E-state index contributed by atoms with van der Waals surface area (Å²) in [5.74, 6) is 0.551. The molecular formula is C14H19BrN2O2. The van der Waals surface area contributed by atoms with E-state index in [0.717, 1.165) is 30.5 Å². The van der Waals surface area contributed by atoms with Crippen LogP contribution < -0.4 is 0 Å². The van der Waals surface area contributed by atoms with Gasteiger partial charge >= 0.3 is 0 Å². The van der Waals surface area contributed by atoms with E-state index in [2.05, 4.69) is 28.1 Å². The van der Waals surface area contributed by atoms with Crippen molar-refractivity contribution in [3.63, 3.8) is 0 Å². The Morgan fingerprint density at radius 2 is 2.26 bits per heavy atom. The molecule has 0 aromatic heterocycles. The van der Waals surface area contributed by atoms with Gasteiger partial charge in [-0.1, -0.05) is 20.3 Å². The van der Waals surface area contributed by atoms with E-state index in [4.69, 9.17) is 4.74 Å². The highest BCUT2D eigenvalue weighted by atomic mass is 79.9. The Balaban J connectivity index is 2.28. The number of hydrogen-bond donors (Lipinski definition) is 0. The summed E-state index contributed by atoms with van der Waals surface area (Å²) in [5.41, 5.74) is 1.53. The van der Waals surface area contributed by atoms with Crippen LogP contribution in [0.2, 0.25) is 0 Å². The number of nitrogens with zero attached hydrogens (tertiary/aromatic N) is 2. The quantitative estimate of drug-likeness (QED) is 0.745. The molecule has 0 saturated carbocycles. The molecule has 4 nitrogen and oxygen atoms in total. The Morgan fingerprint density at radius 3 is 2.95 bits per heavy atom. The molecule has 0 aromatic rings.